The molecule has 8 nitrogen and oxygen atoms in total. The molecule has 2 aromatic rings. The third-order valence-corrected chi connectivity index (χ3v) is 8.94. The normalized spacial score (nSPS) is 18.1. The number of nitrogens with zero attached hydrogens (tertiary/aromatic N) is 1. The zero-order chi connectivity index (χ0) is 31.6. The lowest BCUT2D eigenvalue weighted by molar-refractivity contribution is -0.131. The van der Waals surface area contributed by atoms with Gasteiger partial charge in [0.25, 0.3) is 5.91 Å². The topological polar surface area (TPSA) is 97.0 Å². The lowest BCUT2D eigenvalue weighted by atomic mass is 9.80. The molecule has 1 heterocycles. The molecule has 2 aromatic carbocycles. The molecule has 1 aliphatic carbocycles. The van der Waals surface area contributed by atoms with E-state index in [4.69, 9.17) is 9.47 Å². The average molecular weight is 610 g/mol. The summed E-state index contributed by atoms with van der Waals surface area (Å²) in [6.07, 6.45) is 6.45. The van der Waals surface area contributed by atoms with Crippen LogP contribution < -0.4 is 20.1 Å². The first-order valence-electron chi connectivity index (χ1n) is 16.1. The number of carbonyl (C=O) groups excluding carboxylic acids is 3. The number of piperidine rings is 1. The van der Waals surface area contributed by atoms with E-state index in [0.29, 0.717) is 43.3 Å². The summed E-state index contributed by atoms with van der Waals surface area (Å²) in [5, 5.41) is 6.14. The maximum Gasteiger partial charge on any atom is 0.254 e. The minimum atomic E-state index is -0.608. The smallest absolute Gasteiger partial charge is 0.254 e. The van der Waals surface area contributed by atoms with Gasteiger partial charge >= 0.3 is 0 Å². The van der Waals surface area contributed by atoms with Crippen LogP contribution in [0.25, 0.3) is 0 Å². The predicted octanol–water partition coefficient (Wildman–Crippen LogP) is 5.63. The first-order valence-corrected chi connectivity index (χ1v) is 16.1. The van der Waals surface area contributed by atoms with E-state index in [1.807, 2.05) is 39.0 Å². The highest BCUT2D eigenvalue weighted by atomic mass is 19.1. The fraction of sp³-hybridized carbons (Fsp3) is 0.571. The number of halogens is 1. The number of hydrogen-bond donors (Lipinski definition) is 2. The van der Waals surface area contributed by atoms with Gasteiger partial charge in [-0.05, 0) is 56.2 Å². The summed E-state index contributed by atoms with van der Waals surface area (Å²) in [5.74, 6) is -0.125. The van der Waals surface area contributed by atoms with Crippen molar-refractivity contribution >= 4 is 17.6 Å². The molecule has 1 saturated carbocycles. The Morgan fingerprint density at radius 1 is 1.05 bits per heavy atom. The first-order chi connectivity index (χ1) is 21.2. The SMILES string of the molecule is CCOc1cc(OC)ccc1CNCC(=O)N1CCCC(c2cccc(C(=O)N[C@@H](C(=O)C(C)C)C3CCCCC3)c2F)C1. The van der Waals surface area contributed by atoms with Gasteiger partial charge in [-0.2, -0.15) is 0 Å². The quantitative estimate of drug-likeness (QED) is 0.306. The van der Waals surface area contributed by atoms with E-state index >= 15 is 4.39 Å². The number of likely N-dealkylation sites (tertiary alicyclic amines) is 1. The van der Waals surface area contributed by atoms with Crippen LogP contribution in [0.15, 0.2) is 36.4 Å². The highest BCUT2D eigenvalue weighted by Gasteiger charge is 2.34. The Kier molecular flexibility index (Phi) is 12.2. The van der Waals surface area contributed by atoms with Gasteiger partial charge in [0.05, 0.1) is 31.9 Å². The van der Waals surface area contributed by atoms with Crippen molar-refractivity contribution in [3.05, 3.63) is 58.9 Å². The van der Waals surface area contributed by atoms with Gasteiger partial charge in [0, 0.05) is 43.1 Å². The molecule has 1 saturated heterocycles. The minimum Gasteiger partial charge on any atom is -0.497 e. The van der Waals surface area contributed by atoms with Gasteiger partial charge < -0.3 is 25.0 Å². The van der Waals surface area contributed by atoms with Crippen molar-refractivity contribution in [1.82, 2.24) is 15.5 Å². The second-order valence-corrected chi connectivity index (χ2v) is 12.3. The Bertz CT molecular complexity index is 1290. The first kappa shape index (κ1) is 33.4. The highest BCUT2D eigenvalue weighted by molar-refractivity contribution is 5.98. The summed E-state index contributed by atoms with van der Waals surface area (Å²) >= 11 is 0. The van der Waals surface area contributed by atoms with Crippen LogP contribution >= 0.6 is 0 Å². The molecular weight excluding hydrogens is 561 g/mol. The van der Waals surface area contributed by atoms with E-state index in [1.165, 1.54) is 6.07 Å². The van der Waals surface area contributed by atoms with Crippen LogP contribution in [0.3, 0.4) is 0 Å². The third-order valence-electron chi connectivity index (χ3n) is 8.94. The summed E-state index contributed by atoms with van der Waals surface area (Å²) in [6, 6.07) is 9.89. The van der Waals surface area contributed by atoms with Crippen LogP contribution in [0.1, 0.15) is 93.1 Å². The van der Waals surface area contributed by atoms with Crippen molar-refractivity contribution < 1.29 is 28.2 Å². The van der Waals surface area contributed by atoms with E-state index in [-0.39, 0.29) is 41.6 Å². The van der Waals surface area contributed by atoms with E-state index in [9.17, 15) is 14.4 Å². The van der Waals surface area contributed by atoms with Crippen LogP contribution in [0.4, 0.5) is 4.39 Å². The largest absolute Gasteiger partial charge is 0.497 e. The van der Waals surface area contributed by atoms with Gasteiger partial charge in [0.1, 0.15) is 17.3 Å². The monoisotopic (exact) mass is 609 g/mol. The van der Waals surface area contributed by atoms with Crippen molar-refractivity contribution in [2.75, 3.05) is 33.4 Å². The summed E-state index contributed by atoms with van der Waals surface area (Å²) in [5.41, 5.74) is 1.32. The lowest BCUT2D eigenvalue weighted by Crippen LogP contribution is -2.48. The number of nitrogens with one attached hydrogen (secondary N) is 2. The second kappa shape index (κ2) is 16.0. The number of benzene rings is 2. The van der Waals surface area contributed by atoms with E-state index in [0.717, 1.165) is 50.5 Å². The molecule has 4 rings (SSSR count). The molecular formula is C35H48FN3O5. The number of hydrogen-bond acceptors (Lipinski definition) is 6. The second-order valence-electron chi connectivity index (χ2n) is 12.3. The number of methoxy groups -OCH3 is 1. The van der Waals surface area contributed by atoms with Gasteiger partial charge in [0.15, 0.2) is 5.78 Å². The van der Waals surface area contributed by atoms with Crippen molar-refractivity contribution in [3.63, 3.8) is 0 Å². The van der Waals surface area contributed by atoms with Crippen LogP contribution in [-0.4, -0.2) is 61.9 Å². The fourth-order valence-electron chi connectivity index (χ4n) is 6.48. The molecule has 0 spiro atoms. The Balaban J connectivity index is 1.39. The average Bonchev–Trinajstić information content (AvgIpc) is 3.04. The van der Waals surface area contributed by atoms with Crippen molar-refractivity contribution in [2.24, 2.45) is 11.8 Å². The fourth-order valence-corrected chi connectivity index (χ4v) is 6.48. The molecule has 0 aromatic heterocycles. The molecule has 240 valence electrons. The summed E-state index contributed by atoms with van der Waals surface area (Å²) in [4.78, 5) is 41.4. The number of ether oxygens (including phenoxy) is 2. The molecule has 1 aliphatic heterocycles. The van der Waals surface area contributed by atoms with Crippen LogP contribution in [0.2, 0.25) is 0 Å². The van der Waals surface area contributed by atoms with Gasteiger partial charge in [-0.15, -0.1) is 0 Å². The maximum atomic E-state index is 16.0. The Labute approximate surface area is 261 Å². The Hall–Kier alpha value is -3.46. The van der Waals surface area contributed by atoms with Crippen molar-refractivity contribution in [3.8, 4) is 11.5 Å². The molecule has 2 N–H and O–H groups in total. The lowest BCUT2D eigenvalue weighted by Gasteiger charge is -2.34. The van der Waals surface area contributed by atoms with Crippen LogP contribution in [0, 0.1) is 17.7 Å². The summed E-state index contributed by atoms with van der Waals surface area (Å²) < 4.78 is 27.0. The van der Waals surface area contributed by atoms with Gasteiger partial charge in [-0.25, -0.2) is 4.39 Å². The Morgan fingerprint density at radius 3 is 2.52 bits per heavy atom. The number of amides is 2. The molecule has 9 heteroatoms. The molecule has 2 fully saturated rings. The number of carbonyl (C=O) groups is 3. The van der Waals surface area contributed by atoms with E-state index in [2.05, 4.69) is 10.6 Å². The zero-order valence-corrected chi connectivity index (χ0v) is 26.6. The summed E-state index contributed by atoms with van der Waals surface area (Å²) in [6.45, 7) is 7.70. The predicted molar refractivity (Wildman–Crippen MR) is 168 cm³/mol. The molecule has 0 bridgehead atoms. The standard InChI is InChI=1S/C35H48FN3O5/c1-5-44-30-19-27(43-4)17-16-25(30)20-37-21-31(40)39-18-10-13-26(22-39)28-14-9-15-29(32(28)36)35(42)38-33(34(41)23(2)3)24-11-7-6-8-12-24/h9,14-17,19,23-24,26,33,37H,5-8,10-13,18,20-22H2,1-4H3,(H,38,42)/t26?,33-/m1/s1. The van der Waals surface area contributed by atoms with E-state index < -0.39 is 17.8 Å². The minimum absolute atomic E-state index is 0.00189. The van der Waals surface area contributed by atoms with Gasteiger partial charge in [-0.3, -0.25) is 14.4 Å². The molecule has 44 heavy (non-hydrogen) atoms. The van der Waals surface area contributed by atoms with Gasteiger partial charge in [0.2, 0.25) is 5.91 Å². The molecule has 1 unspecified atom stereocenters. The third kappa shape index (κ3) is 8.37. The van der Waals surface area contributed by atoms with Crippen molar-refractivity contribution in [2.45, 2.75) is 84.2 Å². The zero-order valence-electron chi connectivity index (χ0n) is 26.6. The van der Waals surface area contributed by atoms with Crippen molar-refractivity contribution in [1.29, 1.82) is 0 Å². The number of ketones is 1. The van der Waals surface area contributed by atoms with E-state index in [1.54, 1.807) is 24.1 Å². The molecule has 2 aliphatic rings. The number of Topliss-reactive ketones (excluding diaryl/α,β-unsaturated/α-hetero) is 1. The Morgan fingerprint density at radius 2 is 1.82 bits per heavy atom. The number of rotatable bonds is 13. The molecule has 0 radical (unpaired) electrons. The van der Waals surface area contributed by atoms with Crippen LogP contribution in [-0.2, 0) is 16.1 Å². The van der Waals surface area contributed by atoms with Crippen LogP contribution in [0.5, 0.6) is 11.5 Å². The van der Waals surface area contributed by atoms with Gasteiger partial charge in [-0.1, -0.05) is 51.3 Å². The molecule has 2 amide bonds. The maximum absolute atomic E-state index is 16.0. The highest BCUT2D eigenvalue weighted by Crippen LogP contribution is 2.32. The molecule has 2 atom stereocenters. The summed E-state index contributed by atoms with van der Waals surface area (Å²) in [7, 11) is 1.61.